The van der Waals surface area contributed by atoms with Gasteiger partial charge in [-0.2, -0.15) is 0 Å². The third-order valence-electron chi connectivity index (χ3n) is 5.54. The first kappa shape index (κ1) is 17.6. The van der Waals surface area contributed by atoms with E-state index in [0.717, 1.165) is 47.4 Å². The van der Waals surface area contributed by atoms with Gasteiger partial charge < -0.3 is 13.7 Å². The fraction of sp³-hybridized carbons (Fsp3) is 0.250. The maximum atomic E-state index is 12.7. The van der Waals surface area contributed by atoms with Crippen LogP contribution in [0.25, 0.3) is 27.6 Å². The summed E-state index contributed by atoms with van der Waals surface area (Å²) >= 11 is 0. The molecular weight excluding hydrogens is 362 g/mol. The van der Waals surface area contributed by atoms with Crippen molar-refractivity contribution >= 4 is 22.2 Å². The molecule has 0 bridgehead atoms. The summed E-state index contributed by atoms with van der Waals surface area (Å²) in [7, 11) is 0. The maximum absolute atomic E-state index is 12.7. The molecule has 5 nitrogen and oxygen atoms in total. The average molecular weight is 383 g/mol. The molecule has 1 atom stereocenters. The Labute approximate surface area is 168 Å². The lowest BCUT2D eigenvalue weighted by Crippen LogP contribution is -2.19. The third kappa shape index (κ3) is 3.17. The summed E-state index contributed by atoms with van der Waals surface area (Å²) in [6.45, 7) is 5.71. The van der Waals surface area contributed by atoms with Crippen molar-refractivity contribution in [3.8, 4) is 23.0 Å². The van der Waals surface area contributed by atoms with E-state index >= 15 is 0 Å². The van der Waals surface area contributed by atoms with Crippen molar-refractivity contribution in [3.05, 3.63) is 65.0 Å². The lowest BCUT2D eigenvalue weighted by molar-refractivity contribution is 0.563. The molecule has 1 aliphatic heterocycles. The summed E-state index contributed by atoms with van der Waals surface area (Å²) in [4.78, 5) is 19.3. The van der Waals surface area contributed by atoms with Crippen LogP contribution in [0.3, 0.4) is 0 Å². The molecule has 0 unspecified atom stereocenters. The summed E-state index contributed by atoms with van der Waals surface area (Å²) < 4.78 is 7.69. The Morgan fingerprint density at radius 1 is 1.21 bits per heavy atom. The van der Waals surface area contributed by atoms with Crippen LogP contribution in [0.2, 0.25) is 0 Å². The predicted octanol–water partition coefficient (Wildman–Crippen LogP) is 4.27. The molecule has 3 aromatic heterocycles. The lowest BCUT2D eigenvalue weighted by Gasteiger charge is -2.18. The van der Waals surface area contributed by atoms with Crippen molar-refractivity contribution in [2.75, 3.05) is 18.0 Å². The molecule has 144 valence electrons. The zero-order valence-corrected chi connectivity index (χ0v) is 16.5. The third-order valence-corrected chi connectivity index (χ3v) is 5.54. The Balaban J connectivity index is 1.53. The normalized spacial score (nSPS) is 16.3. The van der Waals surface area contributed by atoms with Crippen LogP contribution < -0.4 is 10.5 Å². The van der Waals surface area contributed by atoms with E-state index in [0.29, 0.717) is 17.1 Å². The van der Waals surface area contributed by atoms with E-state index < -0.39 is 0 Å². The second-order valence-electron chi connectivity index (χ2n) is 7.59. The van der Waals surface area contributed by atoms with Gasteiger partial charge in [0.25, 0.3) is 0 Å². The molecule has 1 aromatic carbocycles. The first-order chi connectivity index (χ1) is 14.1. The molecule has 4 aromatic rings. The molecule has 4 heterocycles. The molecule has 1 aliphatic rings. The van der Waals surface area contributed by atoms with Crippen LogP contribution in [0, 0.1) is 24.7 Å². The van der Waals surface area contributed by atoms with Crippen molar-refractivity contribution in [1.82, 2.24) is 9.38 Å². The first-order valence-corrected chi connectivity index (χ1v) is 9.80. The van der Waals surface area contributed by atoms with Crippen LogP contribution >= 0.6 is 0 Å². The van der Waals surface area contributed by atoms with E-state index in [4.69, 9.17) is 4.42 Å². The fourth-order valence-corrected chi connectivity index (χ4v) is 4.08. The number of anilines is 1. The molecule has 5 rings (SSSR count). The zero-order chi connectivity index (χ0) is 20.0. The predicted molar refractivity (Wildman–Crippen MR) is 115 cm³/mol. The number of hydrogen-bond donors (Lipinski definition) is 0. The highest BCUT2D eigenvalue weighted by Gasteiger charge is 2.21. The average Bonchev–Trinajstić information content (AvgIpc) is 3.34. The molecule has 0 radical (unpaired) electrons. The van der Waals surface area contributed by atoms with E-state index in [2.05, 4.69) is 27.8 Å². The quantitative estimate of drug-likeness (QED) is 0.383. The summed E-state index contributed by atoms with van der Waals surface area (Å²) in [5, 5.41) is 0.914. The Kier molecular flexibility index (Phi) is 4.13. The van der Waals surface area contributed by atoms with Crippen molar-refractivity contribution in [2.24, 2.45) is 5.92 Å². The summed E-state index contributed by atoms with van der Waals surface area (Å²) in [6, 6.07) is 9.95. The minimum atomic E-state index is -0.327. The van der Waals surface area contributed by atoms with Crippen molar-refractivity contribution in [2.45, 2.75) is 20.3 Å². The number of aromatic nitrogens is 2. The van der Waals surface area contributed by atoms with Gasteiger partial charge in [-0.15, -0.1) is 5.92 Å². The Morgan fingerprint density at radius 2 is 2.10 bits per heavy atom. The van der Waals surface area contributed by atoms with E-state index in [9.17, 15) is 4.79 Å². The van der Waals surface area contributed by atoms with Gasteiger partial charge in [0.05, 0.1) is 23.0 Å². The fourth-order valence-electron chi connectivity index (χ4n) is 4.08. The second-order valence-corrected chi connectivity index (χ2v) is 7.59. The van der Waals surface area contributed by atoms with Gasteiger partial charge in [-0.3, -0.25) is 4.98 Å². The van der Waals surface area contributed by atoms with Gasteiger partial charge in [0.2, 0.25) is 0 Å². The van der Waals surface area contributed by atoms with Gasteiger partial charge in [-0.25, -0.2) is 4.79 Å². The molecule has 5 heteroatoms. The van der Waals surface area contributed by atoms with E-state index in [1.54, 1.807) is 6.20 Å². The molecule has 1 fully saturated rings. The summed E-state index contributed by atoms with van der Waals surface area (Å²) in [5.41, 5.74) is 4.62. The van der Waals surface area contributed by atoms with E-state index in [1.165, 1.54) is 0 Å². The number of rotatable bonds is 2. The highest BCUT2D eigenvalue weighted by Crippen LogP contribution is 2.29. The van der Waals surface area contributed by atoms with Gasteiger partial charge in [-0.05, 0) is 44.5 Å². The SMILES string of the molecule is CC#C[C@@H]1CCN(c2ccc3cc(-c4cc5cnc(C)cn5c4)c(=O)oc3c2)C1. The van der Waals surface area contributed by atoms with Crippen LogP contribution in [0.15, 0.2) is 58.1 Å². The Bertz CT molecular complexity index is 1350. The molecule has 0 aliphatic carbocycles. The van der Waals surface area contributed by atoms with Crippen molar-refractivity contribution in [3.63, 3.8) is 0 Å². The van der Waals surface area contributed by atoms with Crippen LogP contribution in [-0.2, 0) is 0 Å². The van der Waals surface area contributed by atoms with Gasteiger partial charge in [0.1, 0.15) is 5.58 Å². The smallest absolute Gasteiger partial charge is 0.344 e. The lowest BCUT2D eigenvalue weighted by atomic mass is 10.1. The number of fused-ring (bicyclic) bond motifs is 2. The van der Waals surface area contributed by atoms with Gasteiger partial charge >= 0.3 is 5.63 Å². The number of aryl methyl sites for hydroxylation is 1. The molecule has 0 spiro atoms. The number of hydrogen-bond acceptors (Lipinski definition) is 4. The van der Waals surface area contributed by atoms with E-state index in [-0.39, 0.29) is 5.63 Å². The zero-order valence-electron chi connectivity index (χ0n) is 16.5. The van der Waals surface area contributed by atoms with Crippen LogP contribution in [0.5, 0.6) is 0 Å². The molecule has 1 saturated heterocycles. The van der Waals surface area contributed by atoms with Crippen molar-refractivity contribution in [1.29, 1.82) is 0 Å². The maximum Gasteiger partial charge on any atom is 0.344 e. The van der Waals surface area contributed by atoms with Crippen molar-refractivity contribution < 1.29 is 4.42 Å². The Morgan fingerprint density at radius 3 is 2.97 bits per heavy atom. The van der Waals surface area contributed by atoms with Crippen LogP contribution in [0.1, 0.15) is 19.0 Å². The number of nitrogens with zero attached hydrogens (tertiary/aromatic N) is 3. The monoisotopic (exact) mass is 383 g/mol. The molecule has 0 amide bonds. The number of benzene rings is 1. The topological polar surface area (TPSA) is 50.8 Å². The Hall–Kier alpha value is -3.52. The summed E-state index contributed by atoms with van der Waals surface area (Å²) in [6.07, 6.45) is 6.76. The van der Waals surface area contributed by atoms with Crippen LogP contribution in [-0.4, -0.2) is 22.5 Å². The second kappa shape index (κ2) is 6.82. The highest BCUT2D eigenvalue weighted by atomic mass is 16.4. The first-order valence-electron chi connectivity index (χ1n) is 9.80. The highest BCUT2D eigenvalue weighted by molar-refractivity contribution is 5.85. The van der Waals surface area contributed by atoms with Gasteiger partial charge in [0, 0.05) is 54.1 Å². The molecule has 0 saturated carbocycles. The minimum Gasteiger partial charge on any atom is -0.422 e. The minimum absolute atomic E-state index is 0.327. The van der Waals surface area contributed by atoms with E-state index in [1.807, 2.05) is 54.9 Å². The van der Waals surface area contributed by atoms with Gasteiger partial charge in [0.15, 0.2) is 0 Å². The summed E-state index contributed by atoms with van der Waals surface area (Å²) in [5.74, 6) is 6.68. The molecular formula is C24H21N3O2. The molecule has 0 N–H and O–H groups in total. The largest absolute Gasteiger partial charge is 0.422 e. The van der Waals surface area contributed by atoms with Gasteiger partial charge in [-0.1, -0.05) is 5.92 Å². The standard InChI is InChI=1S/C24H21N3O2/c1-3-4-17-7-8-26(14-17)20-6-5-18-10-22(24(28)29-23(18)11-20)19-9-21-12-25-16(2)13-27(21)15-19/h5-6,9-13,15,17H,7-8,14H2,1-2H3/t17-/m1/s1. The van der Waals surface area contributed by atoms with Crippen LogP contribution in [0.4, 0.5) is 5.69 Å². The molecule has 29 heavy (non-hydrogen) atoms.